The fourth-order valence-electron chi connectivity index (χ4n) is 1.46. The minimum atomic E-state index is -3.79. The molecule has 0 saturated heterocycles. The molecule has 0 spiro atoms. The first-order valence-corrected chi connectivity index (χ1v) is 8.90. The van der Waals surface area contributed by atoms with Gasteiger partial charge in [-0.3, -0.25) is 0 Å². The fourth-order valence-corrected chi connectivity index (χ4v) is 3.89. The lowest BCUT2D eigenvalue weighted by Gasteiger charge is -2.42. The third-order valence-corrected chi connectivity index (χ3v) is 5.92. The quantitative estimate of drug-likeness (QED) is 0.354. The SMILES string of the molecule is C=C[Si](OC(C)(OC)OC)(OC(C)(OC)OC)OC(C)(OC)OC. The Balaban J connectivity index is 5.88. The minimum Gasteiger partial charge on any atom is -0.332 e. The summed E-state index contributed by atoms with van der Waals surface area (Å²) in [5.74, 6) is -4.44. The van der Waals surface area contributed by atoms with Crippen molar-refractivity contribution in [2.45, 2.75) is 38.7 Å². The molecule has 0 fully saturated rings. The Hall–Kier alpha value is -0.403. The van der Waals surface area contributed by atoms with Gasteiger partial charge in [-0.05, 0) is 5.70 Å². The molecule has 0 aromatic carbocycles. The molecule has 0 saturated carbocycles. The summed E-state index contributed by atoms with van der Waals surface area (Å²) in [7, 11) is 4.65. The molecule has 0 radical (unpaired) electrons. The van der Waals surface area contributed by atoms with Crippen LogP contribution in [0.4, 0.5) is 0 Å². The molecular formula is C14H30O9Si. The third kappa shape index (κ3) is 6.15. The zero-order chi connectivity index (χ0) is 19.1. The molecule has 10 heteroatoms. The van der Waals surface area contributed by atoms with E-state index in [0.29, 0.717) is 0 Å². The third-order valence-electron chi connectivity index (χ3n) is 3.46. The first kappa shape index (κ1) is 23.6. The van der Waals surface area contributed by atoms with Gasteiger partial charge in [0.2, 0.25) is 0 Å². The molecule has 24 heavy (non-hydrogen) atoms. The largest absolute Gasteiger partial charge is 0.540 e. The topological polar surface area (TPSA) is 83.1 Å². The Labute approximate surface area is 145 Å². The average Bonchev–Trinajstić information content (AvgIpc) is 2.61. The van der Waals surface area contributed by atoms with Gasteiger partial charge in [-0.1, -0.05) is 6.58 Å². The molecule has 0 amide bonds. The summed E-state index contributed by atoms with van der Waals surface area (Å²) in [5, 5.41) is 0. The maximum Gasteiger partial charge on any atom is 0.540 e. The van der Waals surface area contributed by atoms with Crippen LogP contribution in [0, 0.1) is 0 Å². The minimum absolute atomic E-state index is 1.36. The second-order valence-corrected chi connectivity index (χ2v) is 7.15. The summed E-state index contributed by atoms with van der Waals surface area (Å²) in [4.78, 5) is 0. The van der Waals surface area contributed by atoms with E-state index in [0.717, 1.165) is 0 Å². The number of methoxy groups -OCH3 is 6. The Morgan fingerprint density at radius 2 is 0.792 bits per heavy atom. The van der Waals surface area contributed by atoms with Crippen LogP contribution in [0.3, 0.4) is 0 Å². The lowest BCUT2D eigenvalue weighted by molar-refractivity contribution is -0.385. The molecule has 0 unspecified atom stereocenters. The lowest BCUT2D eigenvalue weighted by Crippen LogP contribution is -2.61. The van der Waals surface area contributed by atoms with Gasteiger partial charge < -0.3 is 41.7 Å². The van der Waals surface area contributed by atoms with Gasteiger partial charge in [0, 0.05) is 63.4 Å². The van der Waals surface area contributed by atoms with Crippen LogP contribution in [0.2, 0.25) is 0 Å². The highest BCUT2D eigenvalue weighted by molar-refractivity contribution is 6.66. The molecule has 0 rings (SSSR count). The maximum absolute atomic E-state index is 5.88. The highest BCUT2D eigenvalue weighted by Gasteiger charge is 2.55. The van der Waals surface area contributed by atoms with Crippen molar-refractivity contribution in [2.75, 3.05) is 42.7 Å². The van der Waals surface area contributed by atoms with Crippen molar-refractivity contribution >= 4 is 8.80 Å². The summed E-state index contributed by atoms with van der Waals surface area (Å²) in [6.07, 6.45) is 0. The zero-order valence-corrected chi connectivity index (χ0v) is 17.0. The highest BCUT2D eigenvalue weighted by Crippen LogP contribution is 2.31. The van der Waals surface area contributed by atoms with Crippen LogP contribution >= 0.6 is 0 Å². The van der Waals surface area contributed by atoms with Crippen molar-refractivity contribution in [3.63, 3.8) is 0 Å². The molecular weight excluding hydrogens is 340 g/mol. The molecule has 0 N–H and O–H groups in total. The smallest absolute Gasteiger partial charge is 0.332 e. The van der Waals surface area contributed by atoms with Gasteiger partial charge >= 0.3 is 8.80 Å². The lowest BCUT2D eigenvalue weighted by atomic mass is 10.7. The summed E-state index contributed by atoms with van der Waals surface area (Å²) < 4.78 is 49.0. The Bertz CT molecular complexity index is 328. The zero-order valence-electron chi connectivity index (χ0n) is 16.0. The molecule has 9 nitrogen and oxygen atoms in total. The van der Waals surface area contributed by atoms with Crippen LogP contribution in [0.15, 0.2) is 12.3 Å². The molecule has 0 aromatic heterocycles. The molecule has 144 valence electrons. The molecule has 0 heterocycles. The van der Waals surface area contributed by atoms with Crippen LogP contribution in [0.5, 0.6) is 0 Å². The van der Waals surface area contributed by atoms with Crippen LogP contribution in [-0.2, 0) is 41.7 Å². The van der Waals surface area contributed by atoms with E-state index in [9.17, 15) is 0 Å². The standard InChI is InChI=1S/C14H30O9Si/c1-11-24(21-12(2,15-5)16-6,22-13(3,17-7)18-8)23-14(4,19-9)20-10/h11H,1H2,2-10H3. The number of hydrogen-bond acceptors (Lipinski definition) is 9. The summed E-state index contributed by atoms with van der Waals surface area (Å²) in [6.45, 7) is 8.37. The van der Waals surface area contributed by atoms with E-state index in [1.807, 2.05) is 0 Å². The Morgan fingerprint density at radius 1 is 0.583 bits per heavy atom. The summed E-state index contributed by atoms with van der Waals surface area (Å²) in [5.41, 5.74) is 1.36. The maximum atomic E-state index is 5.88. The second kappa shape index (κ2) is 9.34. The first-order valence-electron chi connectivity index (χ1n) is 7.10. The number of rotatable bonds is 13. The van der Waals surface area contributed by atoms with Gasteiger partial charge in [0.15, 0.2) is 0 Å². The van der Waals surface area contributed by atoms with E-state index in [-0.39, 0.29) is 0 Å². The number of ether oxygens (including phenoxy) is 6. The average molecular weight is 370 g/mol. The summed E-state index contributed by atoms with van der Waals surface area (Å²) >= 11 is 0. The number of hydrogen-bond donors (Lipinski definition) is 0. The molecule has 0 aliphatic rings. The van der Waals surface area contributed by atoms with Crippen LogP contribution in [-0.4, -0.2) is 69.4 Å². The fraction of sp³-hybridized carbons (Fsp3) is 0.857. The van der Waals surface area contributed by atoms with Crippen LogP contribution in [0.25, 0.3) is 0 Å². The van der Waals surface area contributed by atoms with E-state index in [2.05, 4.69) is 6.58 Å². The molecule has 0 aromatic rings. The van der Waals surface area contributed by atoms with Gasteiger partial charge in [-0.25, -0.2) is 0 Å². The van der Waals surface area contributed by atoms with Crippen molar-refractivity contribution < 1.29 is 41.7 Å². The van der Waals surface area contributed by atoms with E-state index in [1.165, 1.54) is 48.4 Å². The predicted molar refractivity (Wildman–Crippen MR) is 86.5 cm³/mol. The van der Waals surface area contributed by atoms with Gasteiger partial charge in [0.25, 0.3) is 17.9 Å². The van der Waals surface area contributed by atoms with Gasteiger partial charge in [-0.15, -0.1) is 0 Å². The Morgan fingerprint density at radius 3 is 0.917 bits per heavy atom. The molecule has 0 aliphatic carbocycles. The second-order valence-electron chi connectivity index (χ2n) is 4.93. The first-order chi connectivity index (χ1) is 11.0. The van der Waals surface area contributed by atoms with Crippen molar-refractivity contribution in [3.05, 3.63) is 12.3 Å². The predicted octanol–water partition coefficient (Wildman–Crippen LogP) is 1.60. The van der Waals surface area contributed by atoms with Gasteiger partial charge in [0.1, 0.15) is 0 Å². The van der Waals surface area contributed by atoms with Gasteiger partial charge in [-0.2, -0.15) is 0 Å². The summed E-state index contributed by atoms with van der Waals surface area (Å²) in [6, 6.07) is 0. The van der Waals surface area contributed by atoms with Crippen molar-refractivity contribution in [1.29, 1.82) is 0 Å². The van der Waals surface area contributed by atoms with Crippen LogP contribution in [0.1, 0.15) is 20.8 Å². The van der Waals surface area contributed by atoms with Crippen LogP contribution < -0.4 is 0 Å². The van der Waals surface area contributed by atoms with E-state index >= 15 is 0 Å². The Kier molecular flexibility index (Phi) is 9.18. The highest BCUT2D eigenvalue weighted by atomic mass is 28.4. The van der Waals surface area contributed by atoms with E-state index in [1.54, 1.807) is 20.8 Å². The monoisotopic (exact) mass is 370 g/mol. The molecule has 0 bridgehead atoms. The van der Waals surface area contributed by atoms with Crippen molar-refractivity contribution in [2.24, 2.45) is 0 Å². The molecule has 0 aliphatic heterocycles. The van der Waals surface area contributed by atoms with E-state index in [4.69, 9.17) is 41.7 Å². The normalized spacial score (nSPS) is 14.0. The van der Waals surface area contributed by atoms with Crippen molar-refractivity contribution in [1.82, 2.24) is 0 Å². The van der Waals surface area contributed by atoms with Crippen molar-refractivity contribution in [3.8, 4) is 0 Å². The van der Waals surface area contributed by atoms with Gasteiger partial charge in [0.05, 0.1) is 0 Å². The molecule has 0 atom stereocenters. The van der Waals surface area contributed by atoms with E-state index < -0.39 is 26.7 Å².